The van der Waals surface area contributed by atoms with Gasteiger partial charge >= 0.3 is 6.61 Å². The molecule has 0 atom stereocenters. The monoisotopic (exact) mass is 445 g/mol. The number of halogens is 3. The van der Waals surface area contributed by atoms with Crippen molar-refractivity contribution < 1.29 is 27.4 Å². The number of benzene rings is 2. The van der Waals surface area contributed by atoms with Crippen LogP contribution in [0.1, 0.15) is 33.7 Å². The molecule has 1 heterocycles. The summed E-state index contributed by atoms with van der Waals surface area (Å²) >= 11 is 0. The molecule has 2 aromatic carbocycles. The fourth-order valence-electron chi connectivity index (χ4n) is 3.91. The van der Waals surface area contributed by atoms with Crippen molar-refractivity contribution in [2.24, 2.45) is 0 Å². The second-order valence-electron chi connectivity index (χ2n) is 7.36. The molecule has 0 aliphatic heterocycles. The van der Waals surface area contributed by atoms with E-state index in [0.717, 1.165) is 24.1 Å². The predicted octanol–water partition coefficient (Wildman–Crippen LogP) is 4.08. The molecule has 168 valence electrons. The normalized spacial score (nSPS) is 12.7. The summed E-state index contributed by atoms with van der Waals surface area (Å²) in [5.74, 6) is -0.617. The lowest BCUT2D eigenvalue weighted by Crippen LogP contribution is -2.27. The zero-order valence-corrected chi connectivity index (χ0v) is 17.4. The van der Waals surface area contributed by atoms with E-state index in [9.17, 15) is 18.0 Å². The van der Waals surface area contributed by atoms with Crippen LogP contribution in [0.3, 0.4) is 0 Å². The average Bonchev–Trinajstić information content (AvgIpc) is 3.37. The Kier molecular flexibility index (Phi) is 6.34. The van der Waals surface area contributed by atoms with Crippen molar-refractivity contribution in [3.8, 4) is 17.2 Å². The SMILES string of the molecule is COc1ccc(CCNC(=O)c2nn(-c3ccccc3F)c3c2CCC3)cc1OC(F)F. The van der Waals surface area contributed by atoms with Gasteiger partial charge in [-0.05, 0) is 55.5 Å². The van der Waals surface area contributed by atoms with Crippen LogP contribution in [-0.4, -0.2) is 36.0 Å². The van der Waals surface area contributed by atoms with Crippen molar-refractivity contribution in [2.75, 3.05) is 13.7 Å². The van der Waals surface area contributed by atoms with Crippen LogP contribution in [0.5, 0.6) is 11.5 Å². The van der Waals surface area contributed by atoms with Gasteiger partial charge in [0.1, 0.15) is 11.5 Å². The summed E-state index contributed by atoms with van der Waals surface area (Å²) in [5, 5.41) is 7.22. The van der Waals surface area contributed by atoms with E-state index in [1.807, 2.05) is 0 Å². The Hall–Kier alpha value is -3.49. The lowest BCUT2D eigenvalue weighted by Gasteiger charge is -2.12. The van der Waals surface area contributed by atoms with Crippen molar-refractivity contribution in [1.29, 1.82) is 0 Å². The van der Waals surface area contributed by atoms with Gasteiger partial charge in [-0.25, -0.2) is 9.07 Å². The van der Waals surface area contributed by atoms with Crippen molar-refractivity contribution in [2.45, 2.75) is 32.3 Å². The summed E-state index contributed by atoms with van der Waals surface area (Å²) < 4.78 is 50.5. The van der Waals surface area contributed by atoms with Crippen LogP contribution >= 0.6 is 0 Å². The maximum Gasteiger partial charge on any atom is 0.387 e. The number of alkyl halides is 2. The molecule has 1 N–H and O–H groups in total. The topological polar surface area (TPSA) is 65.4 Å². The Bertz CT molecular complexity index is 1130. The number of nitrogens with one attached hydrogen (secondary N) is 1. The first-order chi connectivity index (χ1) is 15.5. The maximum absolute atomic E-state index is 14.3. The minimum Gasteiger partial charge on any atom is -0.493 e. The molecule has 0 saturated carbocycles. The van der Waals surface area contributed by atoms with E-state index in [2.05, 4.69) is 15.2 Å². The molecule has 0 spiro atoms. The molecule has 1 amide bonds. The van der Waals surface area contributed by atoms with E-state index in [1.165, 1.54) is 30.0 Å². The van der Waals surface area contributed by atoms with Crippen LogP contribution in [0.25, 0.3) is 5.69 Å². The van der Waals surface area contributed by atoms with Gasteiger partial charge in [0, 0.05) is 17.8 Å². The van der Waals surface area contributed by atoms with Crippen LogP contribution in [0.15, 0.2) is 42.5 Å². The van der Waals surface area contributed by atoms with Crippen LogP contribution < -0.4 is 14.8 Å². The fourth-order valence-corrected chi connectivity index (χ4v) is 3.91. The summed E-state index contributed by atoms with van der Waals surface area (Å²) in [6, 6.07) is 11.0. The van der Waals surface area contributed by atoms with Crippen molar-refractivity contribution in [1.82, 2.24) is 15.1 Å². The maximum atomic E-state index is 14.3. The van der Waals surface area contributed by atoms with Gasteiger partial charge in [0.15, 0.2) is 17.2 Å². The van der Waals surface area contributed by atoms with E-state index in [1.54, 1.807) is 24.3 Å². The molecule has 32 heavy (non-hydrogen) atoms. The smallest absolute Gasteiger partial charge is 0.387 e. The fraction of sp³-hybridized carbons (Fsp3) is 0.304. The van der Waals surface area contributed by atoms with Gasteiger partial charge in [0.05, 0.1) is 7.11 Å². The molecule has 6 nitrogen and oxygen atoms in total. The van der Waals surface area contributed by atoms with Crippen molar-refractivity contribution in [3.63, 3.8) is 0 Å². The van der Waals surface area contributed by atoms with Crippen LogP contribution in [0.4, 0.5) is 13.2 Å². The standard InChI is InChI=1S/C23H22F3N3O3/c1-31-19-10-9-14(13-20(19)32-23(25)26)11-12-27-22(30)21-15-5-4-8-17(15)29(28-21)18-7-3-2-6-16(18)24/h2-3,6-7,9-10,13,23H,4-5,8,11-12H2,1H3,(H,27,30). The number of hydrogen-bond donors (Lipinski definition) is 1. The van der Waals surface area contributed by atoms with Gasteiger partial charge in [0.25, 0.3) is 5.91 Å². The summed E-state index contributed by atoms with van der Waals surface area (Å²) in [6.45, 7) is -2.70. The molecule has 9 heteroatoms. The molecule has 1 aromatic heterocycles. The molecular formula is C23H22F3N3O3. The number of fused-ring (bicyclic) bond motifs is 1. The average molecular weight is 445 g/mol. The number of carbonyl (C=O) groups excluding carboxylic acids is 1. The molecule has 0 bridgehead atoms. The van der Waals surface area contributed by atoms with E-state index in [4.69, 9.17) is 4.74 Å². The van der Waals surface area contributed by atoms with E-state index < -0.39 is 12.4 Å². The highest BCUT2D eigenvalue weighted by Crippen LogP contribution is 2.30. The number of amides is 1. The Labute approximate surface area is 183 Å². The summed E-state index contributed by atoms with van der Waals surface area (Å²) in [4.78, 5) is 12.8. The van der Waals surface area contributed by atoms with Crippen LogP contribution in [0, 0.1) is 5.82 Å². The highest BCUT2D eigenvalue weighted by atomic mass is 19.3. The molecule has 4 rings (SSSR count). The largest absolute Gasteiger partial charge is 0.493 e. The number of rotatable bonds is 8. The summed E-state index contributed by atoms with van der Waals surface area (Å²) in [5.41, 5.74) is 2.99. The Morgan fingerprint density at radius 2 is 2.00 bits per heavy atom. The van der Waals surface area contributed by atoms with Gasteiger partial charge in [-0.2, -0.15) is 13.9 Å². The summed E-state index contributed by atoms with van der Waals surface area (Å²) in [7, 11) is 1.37. The lowest BCUT2D eigenvalue weighted by molar-refractivity contribution is -0.0512. The number of para-hydroxylation sites is 1. The lowest BCUT2D eigenvalue weighted by atomic mass is 10.1. The third kappa shape index (κ3) is 4.42. The number of ether oxygens (including phenoxy) is 2. The van der Waals surface area contributed by atoms with E-state index in [0.29, 0.717) is 24.1 Å². The van der Waals surface area contributed by atoms with Gasteiger partial charge in [-0.3, -0.25) is 4.79 Å². The third-order valence-electron chi connectivity index (χ3n) is 5.37. The molecule has 1 aliphatic rings. The van der Waals surface area contributed by atoms with Gasteiger partial charge < -0.3 is 14.8 Å². The van der Waals surface area contributed by atoms with E-state index in [-0.39, 0.29) is 29.6 Å². The Morgan fingerprint density at radius 1 is 1.19 bits per heavy atom. The number of nitrogens with zero attached hydrogens (tertiary/aromatic N) is 2. The van der Waals surface area contributed by atoms with Crippen molar-refractivity contribution >= 4 is 5.91 Å². The second-order valence-corrected chi connectivity index (χ2v) is 7.36. The first-order valence-corrected chi connectivity index (χ1v) is 10.2. The quantitative estimate of drug-likeness (QED) is 0.568. The minimum absolute atomic E-state index is 0.0622. The van der Waals surface area contributed by atoms with Crippen LogP contribution in [0.2, 0.25) is 0 Å². The first-order valence-electron chi connectivity index (χ1n) is 10.2. The molecule has 0 radical (unpaired) electrons. The molecule has 1 aliphatic carbocycles. The van der Waals surface area contributed by atoms with Crippen molar-refractivity contribution in [3.05, 3.63) is 70.8 Å². The summed E-state index contributed by atoms with van der Waals surface area (Å²) in [6.07, 6.45) is 2.70. The molecule has 0 unspecified atom stereocenters. The van der Waals surface area contributed by atoms with Gasteiger partial charge in [-0.15, -0.1) is 0 Å². The number of methoxy groups -OCH3 is 1. The second kappa shape index (κ2) is 9.33. The number of carbonyl (C=O) groups is 1. The Balaban J connectivity index is 1.47. The number of hydrogen-bond acceptors (Lipinski definition) is 4. The predicted molar refractivity (Wildman–Crippen MR) is 111 cm³/mol. The first kappa shape index (κ1) is 21.7. The molecular weight excluding hydrogens is 423 g/mol. The highest BCUT2D eigenvalue weighted by molar-refractivity contribution is 5.94. The molecule has 0 fully saturated rings. The van der Waals surface area contributed by atoms with E-state index >= 15 is 0 Å². The van der Waals surface area contributed by atoms with Gasteiger partial charge in [0.2, 0.25) is 0 Å². The third-order valence-corrected chi connectivity index (χ3v) is 5.37. The Morgan fingerprint density at radius 3 is 2.75 bits per heavy atom. The number of aromatic nitrogens is 2. The highest BCUT2D eigenvalue weighted by Gasteiger charge is 2.27. The van der Waals surface area contributed by atoms with Crippen LogP contribution in [-0.2, 0) is 19.3 Å². The molecule has 0 saturated heterocycles. The van der Waals surface area contributed by atoms with Gasteiger partial charge in [-0.1, -0.05) is 18.2 Å². The minimum atomic E-state index is -2.97. The zero-order chi connectivity index (χ0) is 22.7. The zero-order valence-electron chi connectivity index (χ0n) is 17.4. The molecule has 3 aromatic rings.